The first-order valence-electron chi connectivity index (χ1n) is 9.43. The number of fused-ring (bicyclic) bond motifs is 1. The van der Waals surface area contributed by atoms with E-state index in [-0.39, 0.29) is 22.6 Å². The molecular weight excluding hydrogens is 454 g/mol. The third-order valence-corrected chi connectivity index (χ3v) is 6.08. The van der Waals surface area contributed by atoms with E-state index in [1.54, 1.807) is 36.4 Å². The highest BCUT2D eigenvalue weighted by atomic mass is 35.5. The maximum Gasteiger partial charge on any atom is 0.296 e. The van der Waals surface area contributed by atoms with E-state index in [1.165, 1.54) is 21.3 Å². The molecule has 0 unspecified atom stereocenters. The van der Waals surface area contributed by atoms with Crippen LogP contribution in [0, 0.1) is 0 Å². The van der Waals surface area contributed by atoms with E-state index >= 15 is 0 Å². The van der Waals surface area contributed by atoms with Crippen LogP contribution in [0.2, 0.25) is 5.02 Å². The van der Waals surface area contributed by atoms with Crippen molar-refractivity contribution in [1.29, 1.82) is 0 Å². The topological polar surface area (TPSA) is 92.0 Å². The van der Waals surface area contributed by atoms with E-state index in [4.69, 9.17) is 25.8 Å². The first-order valence-corrected chi connectivity index (χ1v) is 10.6. The van der Waals surface area contributed by atoms with Gasteiger partial charge in [0.25, 0.3) is 11.1 Å². The van der Waals surface area contributed by atoms with Crippen molar-refractivity contribution in [1.82, 2.24) is 14.6 Å². The summed E-state index contributed by atoms with van der Waals surface area (Å²) >= 11 is 7.26. The van der Waals surface area contributed by atoms with Crippen LogP contribution in [0.1, 0.15) is 16.8 Å². The standard InChI is InChI=1S/C22H18ClN3O5S/c1-29-16-8-12(9-17(30-2)19(16)31-3)10-18-21(28)26-22(32-18)24-20(27)15(25-26)11-13-6-4-5-7-14(13)23/h4-10H,11H2,1-3H3/b18-10-. The molecule has 0 saturated carbocycles. The smallest absolute Gasteiger partial charge is 0.296 e. The molecule has 0 aliphatic carbocycles. The molecule has 0 saturated heterocycles. The summed E-state index contributed by atoms with van der Waals surface area (Å²) < 4.78 is 17.5. The Morgan fingerprint density at radius 1 is 1.06 bits per heavy atom. The number of halogens is 1. The van der Waals surface area contributed by atoms with Crippen LogP contribution in [-0.2, 0) is 6.42 Å². The predicted octanol–water partition coefficient (Wildman–Crippen LogP) is 2.33. The quantitative estimate of drug-likeness (QED) is 0.426. The summed E-state index contributed by atoms with van der Waals surface area (Å²) in [5.41, 5.74) is 0.650. The Hall–Kier alpha value is -3.43. The lowest BCUT2D eigenvalue weighted by Gasteiger charge is -2.12. The van der Waals surface area contributed by atoms with Crippen LogP contribution in [0.5, 0.6) is 17.2 Å². The van der Waals surface area contributed by atoms with Gasteiger partial charge in [0.2, 0.25) is 10.7 Å². The average Bonchev–Trinajstić information content (AvgIpc) is 3.08. The van der Waals surface area contributed by atoms with Gasteiger partial charge >= 0.3 is 0 Å². The Morgan fingerprint density at radius 2 is 1.75 bits per heavy atom. The predicted molar refractivity (Wildman–Crippen MR) is 123 cm³/mol. The largest absolute Gasteiger partial charge is 0.493 e. The minimum atomic E-state index is -0.495. The summed E-state index contributed by atoms with van der Waals surface area (Å²) in [7, 11) is 4.54. The van der Waals surface area contributed by atoms with Crippen molar-refractivity contribution in [2.24, 2.45) is 0 Å². The third kappa shape index (κ3) is 4.04. The Labute approximate surface area is 191 Å². The van der Waals surface area contributed by atoms with E-state index in [2.05, 4.69) is 10.1 Å². The maximum absolute atomic E-state index is 13.0. The highest BCUT2D eigenvalue weighted by Gasteiger charge is 2.15. The van der Waals surface area contributed by atoms with Gasteiger partial charge in [-0.2, -0.15) is 14.6 Å². The van der Waals surface area contributed by atoms with Gasteiger partial charge in [-0.05, 0) is 35.4 Å². The molecule has 2 aromatic carbocycles. The van der Waals surface area contributed by atoms with Crippen molar-refractivity contribution in [3.63, 3.8) is 0 Å². The fraction of sp³-hybridized carbons (Fsp3) is 0.182. The van der Waals surface area contributed by atoms with Crippen molar-refractivity contribution in [2.45, 2.75) is 6.42 Å². The Morgan fingerprint density at radius 3 is 2.38 bits per heavy atom. The molecule has 0 spiro atoms. The third-order valence-electron chi connectivity index (χ3n) is 4.75. The van der Waals surface area contributed by atoms with E-state index < -0.39 is 5.56 Å². The van der Waals surface area contributed by atoms with Crippen LogP contribution in [0.3, 0.4) is 0 Å². The number of methoxy groups -OCH3 is 3. The van der Waals surface area contributed by atoms with Crippen molar-refractivity contribution >= 4 is 34.0 Å². The highest BCUT2D eigenvalue weighted by molar-refractivity contribution is 7.15. The van der Waals surface area contributed by atoms with Crippen molar-refractivity contribution in [3.8, 4) is 17.2 Å². The van der Waals surface area contributed by atoms with Crippen LogP contribution in [0.15, 0.2) is 46.0 Å². The summed E-state index contributed by atoms with van der Waals surface area (Å²) in [6, 6.07) is 10.6. The van der Waals surface area contributed by atoms with Gasteiger partial charge < -0.3 is 14.2 Å². The van der Waals surface area contributed by atoms with E-state index in [9.17, 15) is 9.59 Å². The van der Waals surface area contributed by atoms with Crippen LogP contribution in [0.25, 0.3) is 11.0 Å². The van der Waals surface area contributed by atoms with Crippen LogP contribution >= 0.6 is 22.9 Å². The fourth-order valence-electron chi connectivity index (χ4n) is 3.21. The molecule has 0 amide bonds. The summed E-state index contributed by atoms with van der Waals surface area (Å²) in [4.78, 5) is 29.7. The molecular formula is C22H18ClN3O5S. The zero-order valence-electron chi connectivity index (χ0n) is 17.4. The lowest BCUT2D eigenvalue weighted by Crippen LogP contribution is -2.28. The number of benzene rings is 2. The van der Waals surface area contributed by atoms with E-state index in [1.807, 2.05) is 6.07 Å². The van der Waals surface area contributed by atoms with Gasteiger partial charge in [-0.15, -0.1) is 0 Å². The monoisotopic (exact) mass is 471 g/mol. The van der Waals surface area contributed by atoms with Crippen molar-refractivity contribution in [2.75, 3.05) is 21.3 Å². The van der Waals surface area contributed by atoms with Crippen molar-refractivity contribution in [3.05, 3.63) is 83.5 Å². The summed E-state index contributed by atoms with van der Waals surface area (Å²) in [6.45, 7) is 0. The molecule has 0 fully saturated rings. The molecule has 164 valence electrons. The molecule has 32 heavy (non-hydrogen) atoms. The Bertz CT molecular complexity index is 1460. The number of nitrogens with zero attached hydrogens (tertiary/aromatic N) is 3. The van der Waals surface area contributed by atoms with Crippen LogP contribution in [0.4, 0.5) is 0 Å². The Kier molecular flexibility index (Phi) is 6.11. The molecule has 4 aromatic rings. The van der Waals surface area contributed by atoms with Gasteiger partial charge in [0.1, 0.15) is 5.69 Å². The zero-order chi connectivity index (χ0) is 22.8. The normalized spacial score (nSPS) is 11.7. The molecule has 8 nitrogen and oxygen atoms in total. The number of hydrogen-bond acceptors (Lipinski definition) is 8. The van der Waals surface area contributed by atoms with Crippen molar-refractivity contribution < 1.29 is 14.2 Å². The SMILES string of the molecule is COc1cc(/C=c2\sc3nc(=O)c(Cc4ccccc4Cl)nn3c2=O)cc(OC)c1OC. The van der Waals surface area contributed by atoms with Gasteiger partial charge in [-0.25, -0.2) is 0 Å². The minimum absolute atomic E-state index is 0.143. The first kappa shape index (κ1) is 21.8. The number of hydrogen-bond donors (Lipinski definition) is 0. The number of rotatable bonds is 6. The summed E-state index contributed by atoms with van der Waals surface area (Å²) in [5, 5.41) is 4.78. The molecule has 2 heterocycles. The second kappa shape index (κ2) is 8.97. The highest BCUT2D eigenvalue weighted by Crippen LogP contribution is 2.38. The van der Waals surface area contributed by atoms with Gasteiger partial charge in [0.15, 0.2) is 11.5 Å². The number of thiazole rings is 1. The van der Waals surface area contributed by atoms with E-state index in [0.717, 1.165) is 21.4 Å². The molecule has 0 radical (unpaired) electrons. The van der Waals surface area contributed by atoms with Gasteiger partial charge in [0, 0.05) is 11.4 Å². The fourth-order valence-corrected chi connectivity index (χ4v) is 4.32. The molecule has 4 rings (SSSR count). The molecule has 0 bridgehead atoms. The molecule has 10 heteroatoms. The van der Waals surface area contributed by atoms with Gasteiger partial charge in [0.05, 0.1) is 25.9 Å². The zero-order valence-corrected chi connectivity index (χ0v) is 19.0. The minimum Gasteiger partial charge on any atom is -0.493 e. The lowest BCUT2D eigenvalue weighted by atomic mass is 10.1. The Balaban J connectivity index is 1.83. The van der Waals surface area contributed by atoms with Crippen LogP contribution < -0.4 is 29.9 Å². The summed E-state index contributed by atoms with van der Waals surface area (Å²) in [5.74, 6) is 1.36. The lowest BCUT2D eigenvalue weighted by molar-refractivity contribution is 0.324. The molecule has 0 aliphatic heterocycles. The number of aromatic nitrogens is 3. The van der Waals surface area contributed by atoms with Crippen LogP contribution in [-0.4, -0.2) is 35.9 Å². The van der Waals surface area contributed by atoms with Gasteiger partial charge in [-0.3, -0.25) is 9.59 Å². The maximum atomic E-state index is 13.0. The molecule has 0 N–H and O–H groups in total. The van der Waals surface area contributed by atoms with Gasteiger partial charge in [-0.1, -0.05) is 41.1 Å². The summed E-state index contributed by atoms with van der Waals surface area (Å²) in [6.07, 6.45) is 1.84. The van der Waals surface area contributed by atoms with E-state index in [0.29, 0.717) is 32.4 Å². The second-order valence-corrected chi connectivity index (χ2v) is 8.12. The molecule has 0 atom stereocenters. The molecule has 0 aliphatic rings. The molecule has 2 aromatic heterocycles. The average molecular weight is 472 g/mol. The number of ether oxygens (including phenoxy) is 3. The second-order valence-electron chi connectivity index (χ2n) is 6.70. The first-order chi connectivity index (χ1) is 15.4.